The number of amides is 1. The van der Waals surface area contributed by atoms with Crippen LogP contribution in [0.5, 0.6) is 0 Å². The Labute approximate surface area is 150 Å². The van der Waals surface area contributed by atoms with Crippen molar-refractivity contribution in [2.24, 2.45) is 5.41 Å². The molecule has 5 heteroatoms. The van der Waals surface area contributed by atoms with Crippen LogP contribution in [0.25, 0.3) is 0 Å². The first kappa shape index (κ1) is 17.2. The zero-order chi connectivity index (χ0) is 17.6. The number of aliphatic hydroxyl groups excluding tert-OH is 1. The van der Waals surface area contributed by atoms with E-state index in [-0.39, 0.29) is 17.1 Å². The van der Waals surface area contributed by atoms with Crippen LogP contribution in [0.1, 0.15) is 59.4 Å². The van der Waals surface area contributed by atoms with Gasteiger partial charge in [0.2, 0.25) is 0 Å². The molecule has 0 unspecified atom stereocenters. The van der Waals surface area contributed by atoms with Crippen LogP contribution in [-0.2, 0) is 6.42 Å². The number of aliphatic hydroxyl groups is 1. The molecule has 1 aromatic carbocycles. The Morgan fingerprint density at radius 1 is 1.38 bits per heavy atom. The van der Waals surface area contributed by atoms with Gasteiger partial charge in [-0.1, -0.05) is 19.9 Å². The number of rotatable bonds is 2. The molecule has 1 aliphatic rings. The molecule has 0 spiro atoms. The number of halogens is 1. The summed E-state index contributed by atoms with van der Waals surface area (Å²) in [5.74, 6) is 0.713. The van der Waals surface area contributed by atoms with Crippen molar-refractivity contribution in [1.82, 2.24) is 0 Å². The molecule has 1 aliphatic carbocycles. The highest BCUT2D eigenvalue weighted by Gasteiger charge is 2.37. The standard InChI is InChI=1S/C19H22BrNO3/c1-10-5-6-13(12(20)7-10)21-18(23)17-11(2)16-14(22)8-19(3,4)9-15(16)24-17/h5-7,14,22H,8-9H2,1-4H3,(H,21,23)/t14-/m0/s1. The summed E-state index contributed by atoms with van der Waals surface area (Å²) in [5, 5.41) is 13.3. The summed E-state index contributed by atoms with van der Waals surface area (Å²) in [7, 11) is 0. The largest absolute Gasteiger partial charge is 0.455 e. The molecule has 3 rings (SSSR count). The van der Waals surface area contributed by atoms with Gasteiger partial charge in [0.05, 0.1) is 11.8 Å². The number of nitrogens with one attached hydrogen (secondary N) is 1. The average molecular weight is 392 g/mol. The van der Waals surface area contributed by atoms with E-state index in [0.717, 1.165) is 33.3 Å². The fourth-order valence-electron chi connectivity index (χ4n) is 3.40. The molecular formula is C19H22BrNO3. The zero-order valence-electron chi connectivity index (χ0n) is 14.4. The van der Waals surface area contributed by atoms with Crippen LogP contribution in [0.4, 0.5) is 5.69 Å². The van der Waals surface area contributed by atoms with Crippen molar-refractivity contribution in [3.63, 3.8) is 0 Å². The van der Waals surface area contributed by atoms with Crippen LogP contribution >= 0.6 is 15.9 Å². The Kier molecular flexibility index (Phi) is 4.34. The minimum Gasteiger partial charge on any atom is -0.455 e. The van der Waals surface area contributed by atoms with Gasteiger partial charge in [-0.05, 0) is 59.3 Å². The highest BCUT2D eigenvalue weighted by Crippen LogP contribution is 2.44. The molecule has 2 aromatic rings. The van der Waals surface area contributed by atoms with E-state index in [1.807, 2.05) is 32.0 Å². The number of anilines is 1. The second-order valence-electron chi connectivity index (χ2n) is 7.39. The minimum absolute atomic E-state index is 0.0373. The van der Waals surface area contributed by atoms with Crippen LogP contribution in [-0.4, -0.2) is 11.0 Å². The van der Waals surface area contributed by atoms with Gasteiger partial charge in [-0.25, -0.2) is 0 Å². The van der Waals surface area contributed by atoms with Crippen LogP contribution in [0, 0.1) is 19.3 Å². The van der Waals surface area contributed by atoms with Crippen molar-refractivity contribution in [3.05, 3.63) is 50.9 Å². The number of benzene rings is 1. The summed E-state index contributed by atoms with van der Waals surface area (Å²) in [5.41, 5.74) is 3.27. The molecule has 0 saturated carbocycles. The molecule has 0 fully saturated rings. The Morgan fingerprint density at radius 3 is 2.75 bits per heavy atom. The third-order valence-corrected chi connectivity index (χ3v) is 5.22. The summed E-state index contributed by atoms with van der Waals surface area (Å²) in [6, 6.07) is 5.74. The monoisotopic (exact) mass is 391 g/mol. The topological polar surface area (TPSA) is 62.5 Å². The highest BCUT2D eigenvalue weighted by atomic mass is 79.9. The van der Waals surface area contributed by atoms with E-state index >= 15 is 0 Å². The van der Waals surface area contributed by atoms with Gasteiger partial charge in [0.1, 0.15) is 5.76 Å². The van der Waals surface area contributed by atoms with E-state index < -0.39 is 6.10 Å². The molecule has 0 aliphatic heterocycles. The molecule has 1 heterocycles. The number of fused-ring (bicyclic) bond motifs is 1. The van der Waals surface area contributed by atoms with Crippen LogP contribution < -0.4 is 5.32 Å². The summed E-state index contributed by atoms with van der Waals surface area (Å²) < 4.78 is 6.68. The molecule has 1 amide bonds. The lowest BCUT2D eigenvalue weighted by Crippen LogP contribution is -2.24. The number of hydrogen-bond acceptors (Lipinski definition) is 3. The fraction of sp³-hybridized carbons (Fsp3) is 0.421. The second-order valence-corrected chi connectivity index (χ2v) is 8.25. The minimum atomic E-state index is -0.583. The number of carbonyl (C=O) groups is 1. The highest BCUT2D eigenvalue weighted by molar-refractivity contribution is 9.10. The Hall–Kier alpha value is -1.59. The summed E-state index contributed by atoms with van der Waals surface area (Å²) >= 11 is 3.46. The van der Waals surface area contributed by atoms with Crippen molar-refractivity contribution in [2.75, 3.05) is 5.32 Å². The predicted molar refractivity (Wildman–Crippen MR) is 97.3 cm³/mol. The van der Waals surface area contributed by atoms with Crippen molar-refractivity contribution < 1.29 is 14.3 Å². The van der Waals surface area contributed by atoms with Crippen molar-refractivity contribution in [2.45, 2.75) is 46.6 Å². The summed E-state index contributed by atoms with van der Waals surface area (Å²) in [6.45, 7) is 8.02. The smallest absolute Gasteiger partial charge is 0.291 e. The maximum Gasteiger partial charge on any atom is 0.291 e. The van der Waals surface area contributed by atoms with Gasteiger partial charge in [-0.2, -0.15) is 0 Å². The Bertz CT molecular complexity index is 807. The lowest BCUT2D eigenvalue weighted by atomic mass is 9.75. The summed E-state index contributed by atoms with van der Waals surface area (Å²) in [6.07, 6.45) is 0.812. The third-order valence-electron chi connectivity index (χ3n) is 4.57. The summed E-state index contributed by atoms with van der Waals surface area (Å²) in [4.78, 5) is 12.7. The normalized spacial score (nSPS) is 19.0. The van der Waals surface area contributed by atoms with Gasteiger partial charge >= 0.3 is 0 Å². The molecule has 0 saturated heterocycles. The van der Waals surface area contributed by atoms with E-state index in [2.05, 4.69) is 35.1 Å². The van der Waals surface area contributed by atoms with Gasteiger partial charge in [-0.3, -0.25) is 4.79 Å². The number of carbonyl (C=O) groups excluding carboxylic acids is 1. The molecule has 0 radical (unpaired) electrons. The molecule has 128 valence electrons. The van der Waals surface area contributed by atoms with Crippen molar-refractivity contribution in [1.29, 1.82) is 0 Å². The van der Waals surface area contributed by atoms with Crippen molar-refractivity contribution >= 4 is 27.5 Å². The predicted octanol–water partition coefficient (Wildman–Crippen LogP) is 4.92. The van der Waals surface area contributed by atoms with E-state index in [1.54, 1.807) is 0 Å². The molecule has 24 heavy (non-hydrogen) atoms. The molecule has 0 bridgehead atoms. The SMILES string of the molecule is Cc1ccc(NC(=O)c2oc3c(c2C)[C@@H](O)CC(C)(C)C3)c(Br)c1. The fourth-order valence-corrected chi connectivity index (χ4v) is 4.00. The van der Waals surface area contributed by atoms with E-state index in [0.29, 0.717) is 12.1 Å². The first-order valence-electron chi connectivity index (χ1n) is 8.06. The first-order chi connectivity index (χ1) is 11.2. The Balaban J connectivity index is 1.92. The zero-order valence-corrected chi connectivity index (χ0v) is 16.0. The van der Waals surface area contributed by atoms with Gasteiger partial charge in [0, 0.05) is 22.0 Å². The van der Waals surface area contributed by atoms with E-state index in [4.69, 9.17) is 4.42 Å². The number of aryl methyl sites for hydroxylation is 1. The van der Waals surface area contributed by atoms with Gasteiger partial charge in [-0.15, -0.1) is 0 Å². The maximum absolute atomic E-state index is 12.7. The van der Waals surface area contributed by atoms with E-state index in [1.165, 1.54) is 0 Å². The lowest BCUT2D eigenvalue weighted by molar-refractivity contribution is 0.0910. The van der Waals surface area contributed by atoms with Crippen LogP contribution in [0.15, 0.2) is 27.1 Å². The van der Waals surface area contributed by atoms with Crippen molar-refractivity contribution in [3.8, 4) is 0 Å². The van der Waals surface area contributed by atoms with E-state index in [9.17, 15) is 9.90 Å². The molecule has 1 atom stereocenters. The Morgan fingerprint density at radius 2 is 2.08 bits per heavy atom. The van der Waals surface area contributed by atoms with Crippen LogP contribution in [0.3, 0.4) is 0 Å². The molecular weight excluding hydrogens is 370 g/mol. The first-order valence-corrected chi connectivity index (χ1v) is 8.85. The molecule has 1 aromatic heterocycles. The quantitative estimate of drug-likeness (QED) is 0.763. The molecule has 4 nitrogen and oxygen atoms in total. The third kappa shape index (κ3) is 3.15. The average Bonchev–Trinajstić information content (AvgIpc) is 2.77. The van der Waals surface area contributed by atoms with Gasteiger partial charge in [0.15, 0.2) is 5.76 Å². The number of hydrogen-bond donors (Lipinski definition) is 2. The number of furan rings is 1. The van der Waals surface area contributed by atoms with Crippen LogP contribution in [0.2, 0.25) is 0 Å². The molecule has 2 N–H and O–H groups in total. The maximum atomic E-state index is 12.7. The lowest BCUT2D eigenvalue weighted by Gasteiger charge is -2.31. The van der Waals surface area contributed by atoms with Gasteiger partial charge < -0.3 is 14.8 Å². The second kappa shape index (κ2) is 6.05. The van der Waals surface area contributed by atoms with Gasteiger partial charge in [0.25, 0.3) is 5.91 Å².